The summed E-state index contributed by atoms with van der Waals surface area (Å²) < 4.78 is 0. The van der Waals surface area contributed by atoms with Crippen molar-refractivity contribution in [1.82, 2.24) is 25.1 Å². The van der Waals surface area contributed by atoms with Crippen molar-refractivity contribution in [3.05, 3.63) is 77.6 Å². The van der Waals surface area contributed by atoms with Gasteiger partial charge in [-0.3, -0.25) is 9.89 Å². The summed E-state index contributed by atoms with van der Waals surface area (Å²) in [5.74, 6) is -0.133. The van der Waals surface area contributed by atoms with E-state index in [9.17, 15) is 10.1 Å². The summed E-state index contributed by atoms with van der Waals surface area (Å²) >= 11 is 0. The predicted octanol–water partition coefficient (Wildman–Crippen LogP) is 2.76. The average Bonchev–Trinajstić information content (AvgIpc) is 3.32. The molecule has 0 aliphatic rings. The van der Waals surface area contributed by atoms with Gasteiger partial charge in [0.2, 0.25) is 0 Å². The van der Waals surface area contributed by atoms with E-state index in [4.69, 9.17) is 0 Å². The molecule has 4 rings (SSSR count). The van der Waals surface area contributed by atoms with E-state index in [2.05, 4.69) is 31.2 Å². The van der Waals surface area contributed by atoms with Crippen LogP contribution >= 0.6 is 0 Å². The van der Waals surface area contributed by atoms with Gasteiger partial charge in [0.25, 0.3) is 0 Å². The minimum absolute atomic E-state index is 0.280. The van der Waals surface area contributed by atoms with Crippen molar-refractivity contribution >= 4 is 16.8 Å². The lowest BCUT2D eigenvalue weighted by Crippen LogP contribution is -2.12. The quantitative estimate of drug-likeness (QED) is 0.542. The van der Waals surface area contributed by atoms with Crippen LogP contribution in [0.5, 0.6) is 0 Å². The summed E-state index contributed by atoms with van der Waals surface area (Å²) in [6, 6.07) is 16.7. The van der Waals surface area contributed by atoms with Crippen LogP contribution < -0.4 is 0 Å². The van der Waals surface area contributed by atoms with Crippen molar-refractivity contribution in [2.45, 2.75) is 12.3 Å². The number of nitriles is 1. The molecule has 126 valence electrons. The van der Waals surface area contributed by atoms with Gasteiger partial charge in [0.15, 0.2) is 11.7 Å². The number of para-hydroxylation sites is 2. The Labute approximate surface area is 148 Å². The van der Waals surface area contributed by atoms with Crippen LogP contribution in [-0.2, 0) is 6.42 Å². The van der Waals surface area contributed by atoms with E-state index in [0.29, 0.717) is 17.8 Å². The zero-order valence-electron chi connectivity index (χ0n) is 13.7. The van der Waals surface area contributed by atoms with Gasteiger partial charge in [0.1, 0.15) is 18.0 Å². The molecule has 4 aromatic rings. The molecule has 7 heteroatoms. The van der Waals surface area contributed by atoms with Crippen molar-refractivity contribution in [3.8, 4) is 6.07 Å². The molecule has 0 spiro atoms. The van der Waals surface area contributed by atoms with E-state index in [1.165, 1.54) is 6.33 Å². The number of fused-ring (bicyclic) bond motifs is 1. The van der Waals surface area contributed by atoms with Crippen molar-refractivity contribution < 1.29 is 4.79 Å². The van der Waals surface area contributed by atoms with Crippen LogP contribution in [0.4, 0.5) is 0 Å². The molecule has 2 aromatic carbocycles. The molecule has 0 fully saturated rings. The molecule has 0 saturated carbocycles. The van der Waals surface area contributed by atoms with Crippen molar-refractivity contribution in [2.24, 2.45) is 0 Å². The molecule has 26 heavy (non-hydrogen) atoms. The Kier molecular flexibility index (Phi) is 4.00. The zero-order valence-corrected chi connectivity index (χ0v) is 13.7. The van der Waals surface area contributed by atoms with Gasteiger partial charge in [-0.25, -0.2) is 9.97 Å². The minimum atomic E-state index is -0.970. The number of nitrogens with zero attached hydrogens (tertiary/aromatic N) is 4. The van der Waals surface area contributed by atoms with Crippen LogP contribution in [0.15, 0.2) is 54.9 Å². The SMILES string of the molecule is N#CC(C(=O)c1ccc(Cc2ncn[nH]2)cc1)c1nc2ccccc2[nH]1. The van der Waals surface area contributed by atoms with Gasteiger partial charge in [0, 0.05) is 12.0 Å². The van der Waals surface area contributed by atoms with Crippen LogP contribution in [0.2, 0.25) is 0 Å². The molecule has 1 atom stereocenters. The normalized spacial score (nSPS) is 12.0. The molecule has 0 aliphatic carbocycles. The van der Waals surface area contributed by atoms with Gasteiger partial charge in [-0.2, -0.15) is 10.4 Å². The number of hydrogen-bond donors (Lipinski definition) is 2. The van der Waals surface area contributed by atoms with E-state index < -0.39 is 5.92 Å². The highest BCUT2D eigenvalue weighted by Gasteiger charge is 2.25. The first-order valence-electron chi connectivity index (χ1n) is 8.06. The fraction of sp³-hybridized carbons (Fsp3) is 0.105. The molecule has 1 unspecified atom stereocenters. The second-order valence-corrected chi connectivity index (χ2v) is 5.87. The van der Waals surface area contributed by atoms with Gasteiger partial charge < -0.3 is 4.98 Å². The smallest absolute Gasteiger partial charge is 0.187 e. The molecular formula is C19H14N6O. The number of H-pyrrole nitrogens is 2. The monoisotopic (exact) mass is 342 g/mol. The van der Waals surface area contributed by atoms with E-state index in [-0.39, 0.29) is 5.78 Å². The molecule has 0 aliphatic heterocycles. The maximum Gasteiger partial charge on any atom is 0.187 e. The van der Waals surface area contributed by atoms with E-state index in [1.54, 1.807) is 12.1 Å². The van der Waals surface area contributed by atoms with Crippen molar-refractivity contribution in [2.75, 3.05) is 0 Å². The summed E-state index contributed by atoms with van der Waals surface area (Å²) in [4.78, 5) is 24.3. The molecule has 7 nitrogen and oxygen atoms in total. The Hall–Kier alpha value is -3.79. The fourth-order valence-corrected chi connectivity index (χ4v) is 2.82. The second kappa shape index (κ2) is 6.61. The highest BCUT2D eigenvalue weighted by molar-refractivity contribution is 6.02. The van der Waals surface area contributed by atoms with Gasteiger partial charge in [-0.1, -0.05) is 36.4 Å². The Morgan fingerprint density at radius 3 is 2.65 bits per heavy atom. The standard InChI is InChI=1S/C19H14N6O/c20-10-14(19-23-15-3-1-2-4-16(15)24-19)18(26)13-7-5-12(6-8-13)9-17-21-11-22-25-17/h1-8,11,14H,9H2,(H,23,24)(H,21,22,25). The summed E-state index contributed by atoms with van der Waals surface area (Å²) in [6.07, 6.45) is 2.05. The van der Waals surface area contributed by atoms with E-state index >= 15 is 0 Å². The van der Waals surface area contributed by atoms with Crippen LogP contribution in [-0.4, -0.2) is 30.9 Å². The predicted molar refractivity (Wildman–Crippen MR) is 94.4 cm³/mol. The highest BCUT2D eigenvalue weighted by Crippen LogP contribution is 2.21. The van der Waals surface area contributed by atoms with E-state index in [1.807, 2.05) is 36.4 Å². The number of imidazole rings is 1. The molecule has 0 saturated heterocycles. The lowest BCUT2D eigenvalue weighted by atomic mass is 9.97. The average molecular weight is 342 g/mol. The molecule has 2 heterocycles. The molecule has 0 amide bonds. The minimum Gasteiger partial charge on any atom is -0.340 e. The first kappa shape index (κ1) is 15.7. The van der Waals surface area contributed by atoms with Crippen LogP contribution in [0.1, 0.15) is 33.5 Å². The largest absolute Gasteiger partial charge is 0.340 e. The van der Waals surface area contributed by atoms with Crippen LogP contribution in [0.3, 0.4) is 0 Å². The van der Waals surface area contributed by atoms with E-state index in [0.717, 1.165) is 22.4 Å². The Morgan fingerprint density at radius 2 is 1.96 bits per heavy atom. The van der Waals surface area contributed by atoms with Crippen molar-refractivity contribution in [3.63, 3.8) is 0 Å². The number of hydrogen-bond acceptors (Lipinski definition) is 5. The maximum atomic E-state index is 12.8. The molecule has 2 N–H and O–H groups in total. The number of rotatable bonds is 5. The van der Waals surface area contributed by atoms with Gasteiger partial charge in [-0.15, -0.1) is 0 Å². The second-order valence-electron chi connectivity index (χ2n) is 5.87. The number of Topliss-reactive ketones (excluding diaryl/α,β-unsaturated/α-hetero) is 1. The van der Waals surface area contributed by atoms with Gasteiger partial charge >= 0.3 is 0 Å². The van der Waals surface area contributed by atoms with Crippen LogP contribution in [0, 0.1) is 11.3 Å². The lowest BCUT2D eigenvalue weighted by molar-refractivity contribution is 0.0976. The van der Waals surface area contributed by atoms with Crippen LogP contribution in [0.25, 0.3) is 11.0 Å². The number of aromatic amines is 2. The Bertz CT molecular complexity index is 1060. The Morgan fingerprint density at radius 1 is 1.15 bits per heavy atom. The first-order chi connectivity index (χ1) is 12.7. The summed E-state index contributed by atoms with van der Waals surface area (Å²) in [6.45, 7) is 0. The number of carbonyl (C=O) groups is 1. The van der Waals surface area contributed by atoms with Gasteiger partial charge in [0.05, 0.1) is 17.1 Å². The third-order valence-corrected chi connectivity index (χ3v) is 4.15. The number of carbonyl (C=O) groups excluding carboxylic acids is 1. The third kappa shape index (κ3) is 2.96. The molecule has 0 radical (unpaired) electrons. The number of benzene rings is 2. The lowest BCUT2D eigenvalue weighted by Gasteiger charge is -2.06. The third-order valence-electron chi connectivity index (χ3n) is 4.15. The van der Waals surface area contributed by atoms with Crippen molar-refractivity contribution in [1.29, 1.82) is 5.26 Å². The zero-order chi connectivity index (χ0) is 17.9. The number of nitrogens with one attached hydrogen (secondary N) is 2. The van der Waals surface area contributed by atoms with Gasteiger partial charge in [-0.05, 0) is 17.7 Å². The first-order valence-corrected chi connectivity index (χ1v) is 8.06. The number of ketones is 1. The summed E-state index contributed by atoms with van der Waals surface area (Å²) in [7, 11) is 0. The molecule has 0 bridgehead atoms. The summed E-state index contributed by atoms with van der Waals surface area (Å²) in [5.41, 5.74) is 3.00. The molecular weight excluding hydrogens is 328 g/mol. The Balaban J connectivity index is 1.57. The highest BCUT2D eigenvalue weighted by atomic mass is 16.1. The topological polar surface area (TPSA) is 111 Å². The summed E-state index contributed by atoms with van der Waals surface area (Å²) in [5, 5.41) is 16.1. The number of aromatic nitrogens is 5. The molecule has 2 aromatic heterocycles. The fourth-order valence-electron chi connectivity index (χ4n) is 2.82. The maximum absolute atomic E-state index is 12.8.